The number of carbonyl (C=O) groups excluding carboxylic acids is 1. The lowest BCUT2D eigenvalue weighted by Crippen LogP contribution is -2.31. The number of tetrazole rings is 1. The first kappa shape index (κ1) is 26.2. The second-order valence-electron chi connectivity index (χ2n) is 8.72. The van der Waals surface area contributed by atoms with Crippen LogP contribution in [0.5, 0.6) is 17.2 Å². The van der Waals surface area contributed by atoms with Gasteiger partial charge >= 0.3 is 0 Å². The maximum absolute atomic E-state index is 13.7. The van der Waals surface area contributed by atoms with E-state index < -0.39 is 6.04 Å². The van der Waals surface area contributed by atoms with E-state index in [0.717, 1.165) is 15.6 Å². The molecule has 0 saturated heterocycles. The van der Waals surface area contributed by atoms with Crippen LogP contribution in [0.25, 0.3) is 0 Å². The third-order valence-electron chi connectivity index (χ3n) is 6.20. The van der Waals surface area contributed by atoms with Gasteiger partial charge < -0.3 is 24.8 Å². The van der Waals surface area contributed by atoms with E-state index in [1.165, 1.54) is 0 Å². The molecular formula is C28H27BrN6O4. The number of hydrogen-bond donors (Lipinski definition) is 2. The molecule has 0 spiro atoms. The minimum atomic E-state index is -0.620. The number of ether oxygens (including phenoxy) is 3. The number of benzene rings is 3. The molecule has 0 saturated carbocycles. The minimum Gasteiger partial charge on any atom is -0.495 e. The van der Waals surface area contributed by atoms with Crippen molar-refractivity contribution in [1.82, 2.24) is 20.2 Å². The van der Waals surface area contributed by atoms with Crippen molar-refractivity contribution in [1.29, 1.82) is 0 Å². The van der Waals surface area contributed by atoms with Crippen molar-refractivity contribution in [3.63, 3.8) is 0 Å². The standard InChI is InChI=1S/C28H27BrN6O4/c1-4-38-24-15-19(11-14-23(24)39-16-18-9-12-20(29)13-10-18)26-25(17(2)30-28-32-33-34-35(26)28)27(36)31-21-7-5-6-8-22(21)37-3/h5-15,26H,4,16H2,1-3H3,(H,31,36)(H,30,32,34). The summed E-state index contributed by atoms with van der Waals surface area (Å²) >= 11 is 3.45. The predicted octanol–water partition coefficient (Wildman–Crippen LogP) is 5.35. The summed E-state index contributed by atoms with van der Waals surface area (Å²) in [6, 6.07) is 20.2. The Bertz CT molecular complexity index is 1520. The van der Waals surface area contributed by atoms with E-state index in [1.54, 1.807) is 23.9 Å². The van der Waals surface area contributed by atoms with Crippen LogP contribution in [-0.2, 0) is 11.4 Å². The average Bonchev–Trinajstić information content (AvgIpc) is 3.41. The Kier molecular flexibility index (Phi) is 7.78. The first-order valence-electron chi connectivity index (χ1n) is 12.3. The van der Waals surface area contributed by atoms with Gasteiger partial charge in [-0.25, -0.2) is 0 Å². The van der Waals surface area contributed by atoms with Crippen LogP contribution in [0.1, 0.15) is 31.0 Å². The number of para-hydroxylation sites is 2. The summed E-state index contributed by atoms with van der Waals surface area (Å²) in [4.78, 5) is 13.7. The maximum Gasteiger partial charge on any atom is 0.255 e. The van der Waals surface area contributed by atoms with Gasteiger partial charge in [0.05, 0.1) is 25.0 Å². The lowest BCUT2D eigenvalue weighted by Gasteiger charge is -2.28. The van der Waals surface area contributed by atoms with E-state index in [1.807, 2.05) is 68.4 Å². The van der Waals surface area contributed by atoms with Crippen molar-refractivity contribution in [2.24, 2.45) is 0 Å². The number of rotatable bonds is 9. The summed E-state index contributed by atoms with van der Waals surface area (Å²) < 4.78 is 20.1. The Morgan fingerprint density at radius 1 is 1.05 bits per heavy atom. The van der Waals surface area contributed by atoms with Gasteiger partial charge in [0, 0.05) is 10.2 Å². The molecule has 2 N–H and O–H groups in total. The van der Waals surface area contributed by atoms with Gasteiger partial charge in [0.15, 0.2) is 11.5 Å². The zero-order valence-corrected chi connectivity index (χ0v) is 23.2. The van der Waals surface area contributed by atoms with Gasteiger partial charge in [-0.1, -0.05) is 51.4 Å². The smallest absolute Gasteiger partial charge is 0.255 e. The lowest BCUT2D eigenvalue weighted by molar-refractivity contribution is -0.113. The molecule has 3 aromatic carbocycles. The number of amides is 1. The molecule has 11 heteroatoms. The number of anilines is 2. The number of methoxy groups -OCH3 is 1. The lowest BCUT2D eigenvalue weighted by atomic mass is 9.94. The molecule has 0 radical (unpaired) electrons. The average molecular weight is 591 g/mol. The van der Waals surface area contributed by atoms with Crippen molar-refractivity contribution < 1.29 is 19.0 Å². The molecule has 0 bridgehead atoms. The zero-order chi connectivity index (χ0) is 27.4. The van der Waals surface area contributed by atoms with Gasteiger partial charge in [-0.3, -0.25) is 4.79 Å². The van der Waals surface area contributed by atoms with Crippen molar-refractivity contribution >= 4 is 33.5 Å². The molecule has 0 fully saturated rings. The van der Waals surface area contributed by atoms with E-state index in [4.69, 9.17) is 14.2 Å². The molecule has 1 aromatic heterocycles. The molecule has 1 atom stereocenters. The molecular weight excluding hydrogens is 564 g/mol. The van der Waals surface area contributed by atoms with Gasteiger partial charge in [0.25, 0.3) is 5.91 Å². The van der Waals surface area contributed by atoms with E-state index >= 15 is 0 Å². The predicted molar refractivity (Wildman–Crippen MR) is 150 cm³/mol. The SMILES string of the molecule is CCOc1cc(C2C(C(=O)Nc3ccccc3OC)=C(C)Nc3nnnn32)ccc1OCc1ccc(Br)cc1. The number of nitrogens with zero attached hydrogens (tertiary/aromatic N) is 4. The number of allylic oxidation sites excluding steroid dienone is 1. The van der Waals surface area contributed by atoms with Crippen molar-refractivity contribution in [3.8, 4) is 17.2 Å². The summed E-state index contributed by atoms with van der Waals surface area (Å²) in [5.41, 5.74) is 3.41. The monoisotopic (exact) mass is 590 g/mol. The Morgan fingerprint density at radius 2 is 1.85 bits per heavy atom. The first-order chi connectivity index (χ1) is 19.0. The number of nitrogens with one attached hydrogen (secondary N) is 2. The van der Waals surface area contributed by atoms with Crippen molar-refractivity contribution in [2.45, 2.75) is 26.5 Å². The van der Waals surface area contributed by atoms with Crippen LogP contribution in [0, 0.1) is 0 Å². The summed E-state index contributed by atoms with van der Waals surface area (Å²) in [6.07, 6.45) is 0. The maximum atomic E-state index is 13.7. The number of hydrogen-bond acceptors (Lipinski definition) is 8. The van der Waals surface area contributed by atoms with Crippen molar-refractivity contribution in [3.05, 3.63) is 93.6 Å². The van der Waals surface area contributed by atoms with Crippen LogP contribution in [0.15, 0.2) is 82.5 Å². The van der Waals surface area contributed by atoms with Crippen LogP contribution >= 0.6 is 15.9 Å². The zero-order valence-electron chi connectivity index (χ0n) is 21.6. The Hall–Kier alpha value is -4.38. The fourth-order valence-corrected chi connectivity index (χ4v) is 4.64. The number of aromatic nitrogens is 4. The second-order valence-corrected chi connectivity index (χ2v) is 9.64. The fraction of sp³-hybridized carbons (Fsp3) is 0.214. The molecule has 5 rings (SSSR count). The molecule has 1 aliphatic rings. The van der Waals surface area contributed by atoms with Gasteiger partial charge in [0.2, 0.25) is 5.95 Å². The van der Waals surface area contributed by atoms with E-state index in [0.29, 0.717) is 53.4 Å². The Morgan fingerprint density at radius 3 is 2.62 bits per heavy atom. The second kappa shape index (κ2) is 11.6. The molecule has 2 heterocycles. The Balaban J connectivity index is 1.49. The third-order valence-corrected chi connectivity index (χ3v) is 6.73. The molecule has 1 aliphatic heterocycles. The molecule has 4 aromatic rings. The molecule has 200 valence electrons. The normalized spacial score (nSPS) is 14.3. The van der Waals surface area contributed by atoms with Gasteiger partial charge in [-0.2, -0.15) is 4.68 Å². The first-order valence-corrected chi connectivity index (χ1v) is 13.1. The highest BCUT2D eigenvalue weighted by Crippen LogP contribution is 2.39. The highest BCUT2D eigenvalue weighted by atomic mass is 79.9. The summed E-state index contributed by atoms with van der Waals surface area (Å²) in [7, 11) is 1.56. The van der Waals surface area contributed by atoms with Crippen LogP contribution < -0.4 is 24.8 Å². The molecule has 10 nitrogen and oxygen atoms in total. The number of halogens is 1. The molecule has 39 heavy (non-hydrogen) atoms. The number of fused-ring (bicyclic) bond motifs is 1. The summed E-state index contributed by atoms with van der Waals surface area (Å²) in [5, 5.41) is 18.2. The van der Waals surface area contributed by atoms with Crippen LogP contribution in [0.4, 0.5) is 11.6 Å². The van der Waals surface area contributed by atoms with E-state index in [-0.39, 0.29) is 5.91 Å². The Labute approximate surface area is 234 Å². The van der Waals surface area contributed by atoms with Gasteiger partial charge in [-0.15, -0.1) is 0 Å². The molecule has 1 unspecified atom stereocenters. The van der Waals surface area contributed by atoms with Crippen LogP contribution in [0.3, 0.4) is 0 Å². The number of carbonyl (C=O) groups is 1. The summed E-state index contributed by atoms with van der Waals surface area (Å²) in [5.74, 6) is 1.82. The van der Waals surface area contributed by atoms with Crippen LogP contribution in [-0.4, -0.2) is 39.8 Å². The largest absolute Gasteiger partial charge is 0.495 e. The highest BCUT2D eigenvalue weighted by Gasteiger charge is 2.35. The van der Waals surface area contributed by atoms with E-state index in [2.05, 4.69) is 42.1 Å². The van der Waals surface area contributed by atoms with Crippen LogP contribution in [0.2, 0.25) is 0 Å². The molecule has 1 amide bonds. The highest BCUT2D eigenvalue weighted by molar-refractivity contribution is 9.10. The van der Waals surface area contributed by atoms with E-state index in [9.17, 15) is 4.79 Å². The van der Waals surface area contributed by atoms with Gasteiger partial charge in [-0.05, 0) is 71.8 Å². The van der Waals surface area contributed by atoms with Gasteiger partial charge in [0.1, 0.15) is 18.4 Å². The summed E-state index contributed by atoms with van der Waals surface area (Å²) in [6.45, 7) is 4.55. The quantitative estimate of drug-likeness (QED) is 0.268. The van der Waals surface area contributed by atoms with Crippen molar-refractivity contribution in [2.75, 3.05) is 24.4 Å². The topological polar surface area (TPSA) is 112 Å². The molecule has 0 aliphatic carbocycles. The third kappa shape index (κ3) is 5.58. The minimum absolute atomic E-state index is 0.316. The fourth-order valence-electron chi connectivity index (χ4n) is 4.38.